The summed E-state index contributed by atoms with van der Waals surface area (Å²) in [5.41, 5.74) is 0.662. The number of amides is 2. The normalized spacial score (nSPS) is 33.1. The fraction of sp³-hybridized carbons (Fsp3) is 0.278. The summed E-state index contributed by atoms with van der Waals surface area (Å²) >= 11 is 8.52. The topological polar surface area (TPSA) is 61.4 Å². The minimum atomic E-state index is -1.01. The molecule has 3 atom stereocenters. The number of thiophene rings is 1. The minimum absolute atomic E-state index is 0.0548. The van der Waals surface area contributed by atoms with Gasteiger partial charge in [-0.1, -0.05) is 36.5 Å². The van der Waals surface area contributed by atoms with E-state index in [0.717, 1.165) is 16.1 Å². The van der Waals surface area contributed by atoms with Crippen molar-refractivity contribution in [3.05, 3.63) is 52.2 Å². The summed E-state index contributed by atoms with van der Waals surface area (Å²) in [6.07, 6.45) is 0. The number of likely N-dealkylation sites (tertiary alicyclic amines) is 1. The molecule has 1 aromatic carbocycles. The Labute approximate surface area is 164 Å². The maximum Gasteiger partial charge on any atom is 0.284 e. The monoisotopic (exact) mass is 401 g/mol. The van der Waals surface area contributed by atoms with Crippen molar-refractivity contribution < 1.29 is 9.59 Å². The molecule has 2 amide bonds. The number of anilines is 1. The smallest absolute Gasteiger partial charge is 0.284 e. The van der Waals surface area contributed by atoms with Crippen LogP contribution in [-0.4, -0.2) is 39.4 Å². The molecule has 1 aromatic heterocycles. The number of nitrogens with one attached hydrogen (secondary N) is 2. The third-order valence-corrected chi connectivity index (χ3v) is 8.58. The maximum atomic E-state index is 13.4. The van der Waals surface area contributed by atoms with Gasteiger partial charge in [-0.25, -0.2) is 0 Å². The van der Waals surface area contributed by atoms with Crippen molar-refractivity contribution in [1.82, 2.24) is 10.2 Å². The van der Waals surface area contributed by atoms with E-state index in [1.54, 1.807) is 11.3 Å². The van der Waals surface area contributed by atoms with Gasteiger partial charge in [-0.05, 0) is 36.3 Å². The van der Waals surface area contributed by atoms with E-state index in [-0.39, 0.29) is 17.1 Å². The number of fused-ring (bicyclic) bond motifs is 3. The molecule has 0 bridgehead atoms. The molecule has 3 aliphatic heterocycles. The highest BCUT2D eigenvalue weighted by atomic mass is 32.2. The first-order chi connectivity index (χ1) is 12.5. The van der Waals surface area contributed by atoms with Crippen LogP contribution in [0.25, 0.3) is 0 Å². The molecular formula is C18H15N3O2S3. The summed E-state index contributed by atoms with van der Waals surface area (Å²) in [6, 6.07) is 11.8. The number of thiocarbonyl (C=S) groups is 1. The first-order valence-electron chi connectivity index (χ1n) is 8.22. The Balaban J connectivity index is 1.84. The molecule has 2 fully saturated rings. The molecule has 0 unspecified atom stereocenters. The van der Waals surface area contributed by atoms with Gasteiger partial charge >= 0.3 is 0 Å². The van der Waals surface area contributed by atoms with Crippen LogP contribution < -0.4 is 10.6 Å². The van der Waals surface area contributed by atoms with Gasteiger partial charge < -0.3 is 10.6 Å². The van der Waals surface area contributed by atoms with E-state index < -0.39 is 10.3 Å². The molecule has 5 rings (SSSR count). The molecule has 26 heavy (non-hydrogen) atoms. The highest BCUT2D eigenvalue weighted by Crippen LogP contribution is 2.64. The van der Waals surface area contributed by atoms with Gasteiger partial charge in [0, 0.05) is 28.6 Å². The number of nitrogens with zero attached hydrogens (tertiary/aromatic N) is 1. The van der Waals surface area contributed by atoms with E-state index in [9.17, 15) is 9.59 Å². The van der Waals surface area contributed by atoms with Gasteiger partial charge in [-0.2, -0.15) is 0 Å². The Bertz CT molecular complexity index is 960. The Morgan fingerprint density at radius 2 is 2.00 bits per heavy atom. The van der Waals surface area contributed by atoms with Crippen LogP contribution in [0, 0.1) is 0 Å². The lowest BCUT2D eigenvalue weighted by atomic mass is 9.74. The lowest BCUT2D eigenvalue weighted by Crippen LogP contribution is -2.61. The SMILES string of the molecule is CN1C[C@H](c2cccs2)[C@]2(SC(=O)NC2=S)[C@]12C(=O)Nc1ccccc12. The molecule has 5 nitrogen and oxygen atoms in total. The average Bonchev–Trinajstić information content (AvgIpc) is 3.33. The number of carbonyl (C=O) groups excluding carboxylic acids is 2. The summed E-state index contributed by atoms with van der Waals surface area (Å²) in [4.78, 5) is 29.5. The predicted octanol–water partition coefficient (Wildman–Crippen LogP) is 3.15. The van der Waals surface area contributed by atoms with Crippen LogP contribution in [0.1, 0.15) is 16.4 Å². The third-order valence-electron chi connectivity index (χ3n) is 5.64. The molecule has 2 spiro atoms. The molecule has 4 heterocycles. The molecule has 0 radical (unpaired) electrons. The molecule has 8 heteroatoms. The molecule has 0 aliphatic carbocycles. The number of benzene rings is 1. The number of carbonyl (C=O) groups is 2. The lowest BCUT2D eigenvalue weighted by Gasteiger charge is -2.42. The van der Waals surface area contributed by atoms with E-state index in [1.165, 1.54) is 11.8 Å². The Kier molecular flexibility index (Phi) is 3.40. The molecule has 3 aliphatic rings. The third kappa shape index (κ3) is 1.73. The summed E-state index contributed by atoms with van der Waals surface area (Å²) in [5.74, 6) is -0.174. The van der Waals surface area contributed by atoms with E-state index in [1.807, 2.05) is 42.8 Å². The lowest BCUT2D eigenvalue weighted by molar-refractivity contribution is -0.125. The van der Waals surface area contributed by atoms with E-state index in [4.69, 9.17) is 12.2 Å². The van der Waals surface area contributed by atoms with Crippen LogP contribution in [0.2, 0.25) is 0 Å². The Morgan fingerprint density at radius 1 is 1.19 bits per heavy atom. The predicted molar refractivity (Wildman–Crippen MR) is 108 cm³/mol. The fourth-order valence-corrected chi connectivity index (χ4v) is 7.69. The number of likely N-dealkylation sites (N-methyl/N-ethyl adjacent to an activating group) is 1. The van der Waals surface area contributed by atoms with Gasteiger partial charge in [0.1, 0.15) is 9.74 Å². The Hall–Kier alpha value is -1.74. The summed E-state index contributed by atoms with van der Waals surface area (Å²) in [5, 5.41) is 7.67. The number of rotatable bonds is 1. The summed E-state index contributed by atoms with van der Waals surface area (Å²) in [7, 11) is 1.95. The van der Waals surface area contributed by atoms with Crippen LogP contribution in [0.5, 0.6) is 0 Å². The second-order valence-electron chi connectivity index (χ2n) is 6.74. The highest BCUT2D eigenvalue weighted by Gasteiger charge is 2.75. The first-order valence-corrected chi connectivity index (χ1v) is 10.3. The van der Waals surface area contributed by atoms with Gasteiger partial charge in [0.05, 0.1) is 0 Å². The standard InChI is InChI=1S/C18H15N3O2S3/c1-21-9-11(13-7-4-8-25-13)18(15(24)20-16(23)26-18)17(21)10-5-2-3-6-12(10)19-14(17)22/h2-8,11H,9H2,1H3,(H,19,22)(H,20,23,24)/t11-,17+,18-/m1/s1. The molecule has 2 N–H and O–H groups in total. The van der Waals surface area contributed by atoms with Crippen LogP contribution in [-0.2, 0) is 10.3 Å². The zero-order valence-electron chi connectivity index (χ0n) is 13.8. The molecule has 0 saturated carbocycles. The summed E-state index contributed by atoms with van der Waals surface area (Å²) in [6.45, 7) is 0.643. The van der Waals surface area contributed by atoms with Gasteiger partial charge in [0.15, 0.2) is 5.54 Å². The first kappa shape index (κ1) is 16.4. The molecule has 2 saturated heterocycles. The Morgan fingerprint density at radius 3 is 2.69 bits per heavy atom. The van der Waals surface area contributed by atoms with E-state index in [2.05, 4.69) is 21.6 Å². The van der Waals surface area contributed by atoms with Gasteiger partial charge in [0.2, 0.25) is 0 Å². The maximum absolute atomic E-state index is 13.4. The van der Waals surface area contributed by atoms with Crippen molar-refractivity contribution in [3.8, 4) is 0 Å². The highest BCUT2D eigenvalue weighted by molar-refractivity contribution is 8.17. The number of hydrogen-bond acceptors (Lipinski definition) is 6. The van der Waals surface area contributed by atoms with Gasteiger partial charge in [-0.3, -0.25) is 14.5 Å². The quantitative estimate of drug-likeness (QED) is 0.719. The largest absolute Gasteiger partial charge is 0.324 e. The van der Waals surface area contributed by atoms with Crippen molar-refractivity contribution in [2.45, 2.75) is 16.2 Å². The van der Waals surface area contributed by atoms with Crippen molar-refractivity contribution in [3.63, 3.8) is 0 Å². The van der Waals surface area contributed by atoms with Crippen molar-refractivity contribution in [2.24, 2.45) is 0 Å². The average molecular weight is 402 g/mol. The number of hydrogen-bond donors (Lipinski definition) is 2. The molecule has 2 aromatic rings. The van der Waals surface area contributed by atoms with Crippen LogP contribution >= 0.6 is 35.3 Å². The molecular weight excluding hydrogens is 386 g/mol. The van der Waals surface area contributed by atoms with Crippen LogP contribution in [0.4, 0.5) is 10.5 Å². The number of thioether (sulfide) groups is 1. The minimum Gasteiger partial charge on any atom is -0.324 e. The van der Waals surface area contributed by atoms with Crippen molar-refractivity contribution in [1.29, 1.82) is 0 Å². The van der Waals surface area contributed by atoms with E-state index >= 15 is 0 Å². The molecule has 132 valence electrons. The zero-order chi connectivity index (χ0) is 18.1. The van der Waals surface area contributed by atoms with Gasteiger partial charge in [-0.15, -0.1) is 11.3 Å². The second-order valence-corrected chi connectivity index (χ2v) is 9.34. The van der Waals surface area contributed by atoms with Crippen LogP contribution in [0.3, 0.4) is 0 Å². The number of para-hydroxylation sites is 1. The second kappa shape index (κ2) is 5.39. The van der Waals surface area contributed by atoms with Gasteiger partial charge in [0.25, 0.3) is 11.1 Å². The van der Waals surface area contributed by atoms with Crippen molar-refractivity contribution in [2.75, 3.05) is 18.9 Å². The fourth-order valence-electron chi connectivity index (χ4n) is 4.72. The zero-order valence-corrected chi connectivity index (χ0v) is 16.3. The van der Waals surface area contributed by atoms with Crippen molar-refractivity contribution >= 4 is 57.1 Å². The van der Waals surface area contributed by atoms with E-state index in [0.29, 0.717) is 11.5 Å². The summed E-state index contributed by atoms with van der Waals surface area (Å²) < 4.78 is -0.865. The van der Waals surface area contributed by atoms with Crippen LogP contribution in [0.15, 0.2) is 41.8 Å².